The molecule has 0 aliphatic heterocycles. The molecule has 0 aliphatic rings. The van der Waals surface area contributed by atoms with Crippen molar-refractivity contribution in [1.29, 1.82) is 5.26 Å². The van der Waals surface area contributed by atoms with Crippen molar-refractivity contribution in [3.8, 4) is 6.07 Å². The van der Waals surface area contributed by atoms with Crippen molar-refractivity contribution < 1.29 is 18.0 Å². The summed E-state index contributed by atoms with van der Waals surface area (Å²) in [6.07, 6.45) is 0. The standard InChI is InChI=1S/C14H9F3N2OS/c1-6-7(2)21-14(9(6)5-18)19-13(20)8-3-4-10(15)12(17)11(8)16/h3-4H,1-2H3,(H,19,20). The summed E-state index contributed by atoms with van der Waals surface area (Å²) in [6, 6.07) is 3.46. The molecular formula is C14H9F3N2OS. The first-order valence-electron chi connectivity index (χ1n) is 5.81. The van der Waals surface area contributed by atoms with Gasteiger partial charge < -0.3 is 5.32 Å². The van der Waals surface area contributed by atoms with Gasteiger partial charge in [-0.25, -0.2) is 13.2 Å². The van der Waals surface area contributed by atoms with Gasteiger partial charge in [0.05, 0.1) is 11.1 Å². The number of rotatable bonds is 2. The van der Waals surface area contributed by atoms with Crippen LogP contribution in [0.3, 0.4) is 0 Å². The van der Waals surface area contributed by atoms with Gasteiger partial charge in [0, 0.05) is 4.88 Å². The van der Waals surface area contributed by atoms with E-state index in [1.54, 1.807) is 13.8 Å². The molecule has 1 heterocycles. The Bertz CT molecular complexity index is 778. The van der Waals surface area contributed by atoms with Crippen LogP contribution in [0.15, 0.2) is 12.1 Å². The summed E-state index contributed by atoms with van der Waals surface area (Å²) < 4.78 is 39.5. The number of anilines is 1. The number of amides is 1. The molecule has 108 valence electrons. The lowest BCUT2D eigenvalue weighted by Crippen LogP contribution is -2.15. The molecular weight excluding hydrogens is 301 g/mol. The Morgan fingerprint density at radius 3 is 2.52 bits per heavy atom. The van der Waals surface area contributed by atoms with E-state index in [-0.39, 0.29) is 10.6 Å². The van der Waals surface area contributed by atoms with Gasteiger partial charge in [-0.15, -0.1) is 11.3 Å². The minimum absolute atomic E-state index is 0.252. The summed E-state index contributed by atoms with van der Waals surface area (Å²) in [5.74, 6) is -5.58. The number of benzene rings is 1. The molecule has 2 aromatic rings. The average molecular weight is 310 g/mol. The molecule has 1 amide bonds. The van der Waals surface area contributed by atoms with Crippen LogP contribution in [0.25, 0.3) is 0 Å². The number of halogens is 3. The molecule has 0 aliphatic carbocycles. The number of nitriles is 1. The summed E-state index contributed by atoms with van der Waals surface area (Å²) in [6.45, 7) is 3.49. The third kappa shape index (κ3) is 2.62. The average Bonchev–Trinajstić information content (AvgIpc) is 2.70. The fourth-order valence-electron chi connectivity index (χ4n) is 1.72. The maximum absolute atomic E-state index is 13.5. The van der Waals surface area contributed by atoms with Crippen LogP contribution in [0, 0.1) is 42.6 Å². The van der Waals surface area contributed by atoms with Crippen molar-refractivity contribution >= 4 is 22.2 Å². The van der Waals surface area contributed by atoms with E-state index in [2.05, 4.69) is 5.32 Å². The molecule has 3 nitrogen and oxygen atoms in total. The van der Waals surface area contributed by atoms with E-state index in [1.807, 2.05) is 6.07 Å². The zero-order valence-corrected chi connectivity index (χ0v) is 11.9. The maximum Gasteiger partial charge on any atom is 0.259 e. The van der Waals surface area contributed by atoms with Crippen LogP contribution >= 0.6 is 11.3 Å². The van der Waals surface area contributed by atoms with E-state index in [9.17, 15) is 18.0 Å². The molecule has 1 aromatic carbocycles. The van der Waals surface area contributed by atoms with E-state index >= 15 is 0 Å². The summed E-state index contributed by atoms with van der Waals surface area (Å²) in [4.78, 5) is 12.8. The van der Waals surface area contributed by atoms with Gasteiger partial charge in [-0.1, -0.05) is 0 Å². The van der Waals surface area contributed by atoms with Crippen LogP contribution in [0.1, 0.15) is 26.4 Å². The third-order valence-corrected chi connectivity index (χ3v) is 4.13. The van der Waals surface area contributed by atoms with E-state index < -0.39 is 28.9 Å². The Labute approximate surface area is 122 Å². The molecule has 0 bridgehead atoms. The lowest BCUT2D eigenvalue weighted by atomic mass is 10.1. The van der Waals surface area contributed by atoms with Crippen molar-refractivity contribution in [1.82, 2.24) is 0 Å². The molecule has 21 heavy (non-hydrogen) atoms. The Hall–Kier alpha value is -2.33. The van der Waals surface area contributed by atoms with Crippen LogP contribution in [0.2, 0.25) is 0 Å². The molecule has 2 rings (SSSR count). The number of hydrogen-bond acceptors (Lipinski definition) is 3. The highest BCUT2D eigenvalue weighted by atomic mass is 32.1. The van der Waals surface area contributed by atoms with Crippen LogP contribution in [-0.2, 0) is 0 Å². The normalized spacial score (nSPS) is 10.3. The third-order valence-electron chi connectivity index (χ3n) is 3.00. The van der Waals surface area contributed by atoms with E-state index in [4.69, 9.17) is 5.26 Å². The number of thiophene rings is 1. The lowest BCUT2D eigenvalue weighted by molar-refractivity contribution is 0.102. The molecule has 0 atom stereocenters. The van der Waals surface area contributed by atoms with Gasteiger partial charge in [0.1, 0.15) is 11.1 Å². The first kappa shape index (κ1) is 15.1. The van der Waals surface area contributed by atoms with Crippen LogP contribution in [0.4, 0.5) is 18.2 Å². The number of aryl methyl sites for hydroxylation is 1. The maximum atomic E-state index is 13.5. The predicted molar refractivity (Wildman–Crippen MR) is 72.8 cm³/mol. The highest BCUT2D eigenvalue weighted by Gasteiger charge is 2.21. The van der Waals surface area contributed by atoms with Gasteiger partial charge >= 0.3 is 0 Å². The second kappa shape index (κ2) is 5.58. The van der Waals surface area contributed by atoms with E-state index in [1.165, 1.54) is 0 Å². The van der Waals surface area contributed by atoms with Crippen molar-refractivity contribution in [2.24, 2.45) is 0 Å². The van der Waals surface area contributed by atoms with Crippen LogP contribution < -0.4 is 5.32 Å². The zero-order valence-electron chi connectivity index (χ0n) is 11.1. The minimum Gasteiger partial charge on any atom is -0.312 e. The molecule has 0 fully saturated rings. The molecule has 0 radical (unpaired) electrons. The number of carbonyl (C=O) groups excluding carboxylic acids is 1. The highest BCUT2D eigenvalue weighted by Crippen LogP contribution is 2.32. The van der Waals surface area contributed by atoms with Crippen LogP contribution in [0.5, 0.6) is 0 Å². The topological polar surface area (TPSA) is 52.9 Å². The number of nitrogens with one attached hydrogen (secondary N) is 1. The van der Waals surface area contributed by atoms with Crippen LogP contribution in [-0.4, -0.2) is 5.91 Å². The molecule has 1 N–H and O–H groups in total. The second-order valence-electron chi connectivity index (χ2n) is 4.28. The largest absolute Gasteiger partial charge is 0.312 e. The first-order chi connectivity index (χ1) is 9.86. The summed E-state index contributed by atoms with van der Waals surface area (Å²) in [5.41, 5.74) is 0.360. The molecule has 0 saturated carbocycles. The van der Waals surface area contributed by atoms with Gasteiger partial charge in [-0.05, 0) is 31.5 Å². The SMILES string of the molecule is Cc1sc(NC(=O)c2ccc(F)c(F)c2F)c(C#N)c1C. The van der Waals surface area contributed by atoms with Crippen molar-refractivity contribution in [2.45, 2.75) is 13.8 Å². The predicted octanol–water partition coefficient (Wildman–Crippen LogP) is 3.91. The molecule has 1 aromatic heterocycles. The zero-order chi connectivity index (χ0) is 15.7. The minimum atomic E-state index is -1.71. The molecule has 0 spiro atoms. The Morgan fingerprint density at radius 2 is 1.90 bits per heavy atom. The van der Waals surface area contributed by atoms with Gasteiger partial charge in [-0.3, -0.25) is 4.79 Å². The number of carbonyl (C=O) groups is 1. The van der Waals surface area contributed by atoms with Crippen molar-refractivity contribution in [3.63, 3.8) is 0 Å². The smallest absolute Gasteiger partial charge is 0.259 e. The fourth-order valence-corrected chi connectivity index (χ4v) is 2.73. The Kier molecular flexibility index (Phi) is 4.00. The van der Waals surface area contributed by atoms with Gasteiger partial charge in [0.25, 0.3) is 5.91 Å². The quantitative estimate of drug-likeness (QED) is 0.855. The summed E-state index contributed by atoms with van der Waals surface area (Å²) in [7, 11) is 0. The monoisotopic (exact) mass is 310 g/mol. The fraction of sp³-hybridized carbons (Fsp3) is 0.143. The molecule has 7 heteroatoms. The van der Waals surface area contributed by atoms with Gasteiger partial charge in [-0.2, -0.15) is 5.26 Å². The Balaban J connectivity index is 2.38. The number of nitrogens with zero attached hydrogens (tertiary/aromatic N) is 1. The summed E-state index contributed by atoms with van der Waals surface area (Å²) in [5, 5.41) is 11.7. The van der Waals surface area contributed by atoms with Gasteiger partial charge in [0.15, 0.2) is 17.5 Å². The molecule has 0 saturated heterocycles. The summed E-state index contributed by atoms with van der Waals surface area (Å²) >= 11 is 1.16. The first-order valence-corrected chi connectivity index (χ1v) is 6.63. The van der Waals surface area contributed by atoms with Crippen molar-refractivity contribution in [2.75, 3.05) is 5.32 Å². The Morgan fingerprint density at radius 1 is 1.24 bits per heavy atom. The molecule has 0 unspecified atom stereocenters. The van der Waals surface area contributed by atoms with Gasteiger partial charge in [0.2, 0.25) is 0 Å². The highest BCUT2D eigenvalue weighted by molar-refractivity contribution is 7.16. The van der Waals surface area contributed by atoms with E-state index in [0.717, 1.165) is 22.3 Å². The van der Waals surface area contributed by atoms with E-state index in [0.29, 0.717) is 11.6 Å². The lowest BCUT2D eigenvalue weighted by Gasteiger charge is -2.05. The second-order valence-corrected chi connectivity index (χ2v) is 5.50. The number of hydrogen-bond donors (Lipinski definition) is 1. The van der Waals surface area contributed by atoms with Crippen molar-refractivity contribution in [3.05, 3.63) is 51.2 Å².